The molecule has 0 unspecified atom stereocenters. The van der Waals surface area contributed by atoms with E-state index in [0.29, 0.717) is 17.3 Å². The largest absolute Gasteiger partial charge is 0.380 e. The van der Waals surface area contributed by atoms with Crippen LogP contribution in [0.2, 0.25) is 5.02 Å². The van der Waals surface area contributed by atoms with E-state index < -0.39 is 0 Å². The molecule has 0 radical (unpaired) electrons. The Labute approximate surface area is 129 Å². The lowest BCUT2D eigenvalue weighted by atomic mass is 9.99. The normalized spacial score (nSPS) is 14.0. The van der Waals surface area contributed by atoms with Gasteiger partial charge in [-0.1, -0.05) is 23.7 Å². The van der Waals surface area contributed by atoms with Crippen molar-refractivity contribution in [2.75, 3.05) is 23.8 Å². The summed E-state index contributed by atoms with van der Waals surface area (Å²) in [6, 6.07) is 10.9. The molecule has 2 aromatic rings. The third-order valence-corrected chi connectivity index (χ3v) is 4.24. The highest BCUT2D eigenvalue weighted by molar-refractivity contribution is 6.33. The van der Waals surface area contributed by atoms with Crippen molar-refractivity contribution < 1.29 is 4.39 Å². The molecule has 1 aliphatic heterocycles. The maximum atomic E-state index is 13.2. The molecule has 21 heavy (non-hydrogen) atoms. The lowest BCUT2D eigenvalue weighted by molar-refractivity contribution is 0.628. The topological polar surface area (TPSA) is 15.3 Å². The molecule has 0 spiro atoms. The van der Waals surface area contributed by atoms with Crippen LogP contribution in [0.4, 0.5) is 15.8 Å². The number of nitrogens with zero attached hydrogens (tertiary/aromatic N) is 1. The highest BCUT2D eigenvalue weighted by Gasteiger charge is 2.13. The molecule has 110 valence electrons. The quantitative estimate of drug-likeness (QED) is 0.900. The second-order valence-corrected chi connectivity index (χ2v) is 5.87. The Hall–Kier alpha value is -1.74. The van der Waals surface area contributed by atoms with Gasteiger partial charge in [-0.25, -0.2) is 4.39 Å². The summed E-state index contributed by atoms with van der Waals surface area (Å²) in [5, 5.41) is 3.74. The van der Waals surface area contributed by atoms with Crippen molar-refractivity contribution in [1.82, 2.24) is 0 Å². The molecule has 0 saturated carbocycles. The number of hydrogen-bond donors (Lipinski definition) is 1. The summed E-state index contributed by atoms with van der Waals surface area (Å²) in [6.07, 6.45) is 2.31. The number of halogens is 2. The average Bonchev–Trinajstić information content (AvgIpc) is 2.48. The van der Waals surface area contributed by atoms with Crippen LogP contribution in [0.15, 0.2) is 36.4 Å². The van der Waals surface area contributed by atoms with E-state index >= 15 is 0 Å². The Balaban J connectivity index is 1.75. The summed E-state index contributed by atoms with van der Waals surface area (Å²) in [5.74, 6) is -0.283. The monoisotopic (exact) mass is 304 g/mol. The van der Waals surface area contributed by atoms with Gasteiger partial charge in [-0.05, 0) is 48.2 Å². The molecule has 1 heterocycles. The second-order valence-electron chi connectivity index (χ2n) is 5.47. The minimum absolute atomic E-state index is 0.283. The second kappa shape index (κ2) is 5.94. The number of nitrogens with one attached hydrogen (secondary N) is 1. The lowest BCUT2D eigenvalue weighted by Gasteiger charge is -2.27. The van der Waals surface area contributed by atoms with Gasteiger partial charge in [-0.15, -0.1) is 0 Å². The van der Waals surface area contributed by atoms with E-state index in [-0.39, 0.29) is 5.82 Å². The van der Waals surface area contributed by atoms with E-state index in [1.165, 1.54) is 35.4 Å². The molecule has 2 aromatic carbocycles. The number of hydrogen-bond acceptors (Lipinski definition) is 2. The number of fused-ring (bicyclic) bond motifs is 1. The van der Waals surface area contributed by atoms with E-state index in [4.69, 9.17) is 11.6 Å². The van der Waals surface area contributed by atoms with Gasteiger partial charge >= 0.3 is 0 Å². The molecule has 0 bridgehead atoms. The SMILES string of the molecule is CN1CCCc2cc(CNc3cc(F)ccc3Cl)ccc21. The Bertz CT molecular complexity index is 657. The predicted molar refractivity (Wildman–Crippen MR) is 86.8 cm³/mol. The number of anilines is 2. The first-order chi connectivity index (χ1) is 10.1. The summed E-state index contributed by atoms with van der Waals surface area (Å²) in [4.78, 5) is 2.29. The first kappa shape index (κ1) is 14.2. The summed E-state index contributed by atoms with van der Waals surface area (Å²) < 4.78 is 13.2. The van der Waals surface area contributed by atoms with E-state index in [9.17, 15) is 4.39 Å². The fraction of sp³-hybridized carbons (Fsp3) is 0.294. The molecule has 0 amide bonds. The fourth-order valence-electron chi connectivity index (χ4n) is 2.78. The molecule has 0 aromatic heterocycles. The van der Waals surface area contributed by atoms with Crippen LogP contribution >= 0.6 is 11.6 Å². The molecule has 0 saturated heterocycles. The molecule has 4 heteroatoms. The highest BCUT2D eigenvalue weighted by Crippen LogP contribution is 2.28. The van der Waals surface area contributed by atoms with Crippen LogP contribution in [0.5, 0.6) is 0 Å². The smallest absolute Gasteiger partial charge is 0.125 e. The van der Waals surface area contributed by atoms with Gasteiger partial charge in [0.15, 0.2) is 0 Å². The summed E-state index contributed by atoms with van der Waals surface area (Å²) in [5.41, 5.74) is 4.51. The van der Waals surface area contributed by atoms with Gasteiger partial charge < -0.3 is 10.2 Å². The molecule has 0 atom stereocenters. The molecular formula is C17H18ClFN2. The Morgan fingerprint density at radius 1 is 1.24 bits per heavy atom. The first-order valence-electron chi connectivity index (χ1n) is 7.15. The Kier molecular flexibility index (Phi) is 4.02. The van der Waals surface area contributed by atoms with E-state index in [0.717, 1.165) is 13.0 Å². The van der Waals surface area contributed by atoms with Crippen LogP contribution in [0.3, 0.4) is 0 Å². The fourth-order valence-corrected chi connectivity index (χ4v) is 2.96. The van der Waals surface area contributed by atoms with Gasteiger partial charge in [0, 0.05) is 25.8 Å². The zero-order valence-corrected chi connectivity index (χ0v) is 12.8. The predicted octanol–water partition coefficient (Wildman–Crippen LogP) is 4.47. The maximum Gasteiger partial charge on any atom is 0.125 e. The van der Waals surface area contributed by atoms with Crippen LogP contribution in [0, 0.1) is 5.82 Å². The maximum absolute atomic E-state index is 13.2. The van der Waals surface area contributed by atoms with Gasteiger partial charge in [0.2, 0.25) is 0 Å². The average molecular weight is 305 g/mol. The third kappa shape index (κ3) is 3.13. The zero-order valence-electron chi connectivity index (χ0n) is 12.0. The van der Waals surface area contributed by atoms with Crippen LogP contribution < -0.4 is 10.2 Å². The standard InChI is InChI=1S/C17H18ClFN2/c1-21-8-2-3-13-9-12(4-7-17(13)21)11-20-16-10-14(19)5-6-15(16)18/h4-7,9-10,20H,2-3,8,11H2,1H3. The molecule has 2 nitrogen and oxygen atoms in total. The van der Waals surface area contributed by atoms with Crippen molar-refractivity contribution in [2.24, 2.45) is 0 Å². The van der Waals surface area contributed by atoms with Crippen molar-refractivity contribution in [3.8, 4) is 0 Å². The molecule has 1 aliphatic rings. The van der Waals surface area contributed by atoms with E-state index in [1.807, 2.05) is 0 Å². The van der Waals surface area contributed by atoms with Crippen molar-refractivity contribution in [3.05, 3.63) is 58.4 Å². The van der Waals surface area contributed by atoms with Crippen LogP contribution in [0.1, 0.15) is 17.5 Å². The van der Waals surface area contributed by atoms with Crippen molar-refractivity contribution >= 4 is 23.0 Å². The molecule has 3 rings (SSSR count). The van der Waals surface area contributed by atoms with E-state index in [1.54, 1.807) is 6.07 Å². The van der Waals surface area contributed by atoms with Gasteiger partial charge in [0.1, 0.15) is 5.82 Å². The van der Waals surface area contributed by atoms with Crippen molar-refractivity contribution in [1.29, 1.82) is 0 Å². The summed E-state index contributed by atoms with van der Waals surface area (Å²) in [7, 11) is 2.13. The minimum Gasteiger partial charge on any atom is -0.380 e. The Morgan fingerprint density at radius 3 is 2.95 bits per heavy atom. The van der Waals surface area contributed by atoms with Gasteiger partial charge in [0.05, 0.1) is 10.7 Å². The van der Waals surface area contributed by atoms with Crippen LogP contribution in [0.25, 0.3) is 0 Å². The molecule has 1 N–H and O–H groups in total. The number of aryl methyl sites for hydroxylation is 1. The lowest BCUT2D eigenvalue weighted by Crippen LogP contribution is -2.24. The molecular weight excluding hydrogens is 287 g/mol. The Morgan fingerprint density at radius 2 is 2.10 bits per heavy atom. The van der Waals surface area contributed by atoms with Gasteiger partial charge in [0.25, 0.3) is 0 Å². The number of rotatable bonds is 3. The van der Waals surface area contributed by atoms with Crippen LogP contribution in [-0.2, 0) is 13.0 Å². The first-order valence-corrected chi connectivity index (χ1v) is 7.53. The third-order valence-electron chi connectivity index (χ3n) is 3.91. The zero-order chi connectivity index (χ0) is 14.8. The van der Waals surface area contributed by atoms with Gasteiger partial charge in [-0.2, -0.15) is 0 Å². The highest BCUT2D eigenvalue weighted by atomic mass is 35.5. The minimum atomic E-state index is -0.283. The van der Waals surface area contributed by atoms with E-state index in [2.05, 4.69) is 35.5 Å². The number of benzene rings is 2. The van der Waals surface area contributed by atoms with Crippen molar-refractivity contribution in [3.63, 3.8) is 0 Å². The summed E-state index contributed by atoms with van der Waals surface area (Å²) in [6.45, 7) is 1.75. The van der Waals surface area contributed by atoms with Crippen molar-refractivity contribution in [2.45, 2.75) is 19.4 Å². The summed E-state index contributed by atoms with van der Waals surface area (Å²) >= 11 is 6.06. The van der Waals surface area contributed by atoms with Gasteiger partial charge in [-0.3, -0.25) is 0 Å². The van der Waals surface area contributed by atoms with Crippen LogP contribution in [-0.4, -0.2) is 13.6 Å². The molecule has 0 fully saturated rings. The molecule has 0 aliphatic carbocycles.